The number of hydrogen-bond donors (Lipinski definition) is 1. The molecule has 0 spiro atoms. The Kier molecular flexibility index (Phi) is 5.29. The summed E-state index contributed by atoms with van der Waals surface area (Å²) in [5.74, 6) is 0. The lowest BCUT2D eigenvalue weighted by molar-refractivity contribution is -0.0997. The van der Waals surface area contributed by atoms with Crippen LogP contribution in [0.2, 0.25) is 0 Å². The number of nitrogens with zero attached hydrogens (tertiary/aromatic N) is 2. The van der Waals surface area contributed by atoms with Crippen molar-refractivity contribution in [1.82, 2.24) is 14.9 Å². The maximum Gasteiger partial charge on any atom is 0.169 e. The Morgan fingerprint density at radius 3 is 2.45 bits per heavy atom. The summed E-state index contributed by atoms with van der Waals surface area (Å²) in [7, 11) is 3.28. The predicted molar refractivity (Wildman–Crippen MR) is 77.8 cm³/mol. The van der Waals surface area contributed by atoms with Gasteiger partial charge in [0.1, 0.15) is 0 Å². The molecule has 0 aliphatic rings. The SMILES string of the molecule is COC(CNC(C)c1ccc(-n2ccnc2)cc1)OC. The van der Waals surface area contributed by atoms with Crippen molar-refractivity contribution in [3.05, 3.63) is 48.5 Å². The van der Waals surface area contributed by atoms with Crippen molar-refractivity contribution in [2.45, 2.75) is 19.3 Å². The highest BCUT2D eigenvalue weighted by atomic mass is 16.7. The second-order valence-electron chi connectivity index (χ2n) is 4.59. The van der Waals surface area contributed by atoms with Crippen LogP contribution >= 0.6 is 0 Å². The van der Waals surface area contributed by atoms with Gasteiger partial charge in [0.2, 0.25) is 0 Å². The Morgan fingerprint density at radius 2 is 1.90 bits per heavy atom. The molecule has 0 aliphatic heterocycles. The second-order valence-corrected chi connectivity index (χ2v) is 4.59. The second kappa shape index (κ2) is 7.19. The van der Waals surface area contributed by atoms with Gasteiger partial charge >= 0.3 is 0 Å². The zero-order valence-electron chi connectivity index (χ0n) is 12.1. The Bertz CT molecular complexity index is 492. The van der Waals surface area contributed by atoms with Crippen molar-refractivity contribution < 1.29 is 9.47 Å². The molecule has 2 rings (SSSR count). The minimum Gasteiger partial charge on any atom is -0.355 e. The molecule has 0 fully saturated rings. The van der Waals surface area contributed by atoms with Gasteiger partial charge in [0.05, 0.1) is 6.33 Å². The number of aromatic nitrogens is 2. The summed E-state index contributed by atoms with van der Waals surface area (Å²) in [6, 6.07) is 8.63. The molecule has 1 aromatic heterocycles. The summed E-state index contributed by atoms with van der Waals surface area (Å²) in [6.07, 6.45) is 5.27. The topological polar surface area (TPSA) is 48.3 Å². The Labute approximate surface area is 119 Å². The molecule has 0 saturated heterocycles. The van der Waals surface area contributed by atoms with E-state index in [-0.39, 0.29) is 12.3 Å². The standard InChI is InChI=1S/C15H21N3O2/c1-12(17-10-15(19-2)20-3)13-4-6-14(7-5-13)18-9-8-16-11-18/h4-9,11-12,15,17H,10H2,1-3H3. The van der Waals surface area contributed by atoms with Gasteiger partial charge in [0, 0.05) is 44.9 Å². The lowest BCUT2D eigenvalue weighted by Gasteiger charge is -2.19. The van der Waals surface area contributed by atoms with Crippen molar-refractivity contribution in [2.75, 3.05) is 20.8 Å². The van der Waals surface area contributed by atoms with Gasteiger partial charge in [-0.2, -0.15) is 0 Å². The first-order chi connectivity index (χ1) is 9.74. The third kappa shape index (κ3) is 3.66. The fourth-order valence-corrected chi connectivity index (χ4v) is 2.00. The summed E-state index contributed by atoms with van der Waals surface area (Å²) in [4.78, 5) is 4.05. The molecule has 1 unspecified atom stereocenters. The molecule has 0 saturated carbocycles. The average Bonchev–Trinajstić information content (AvgIpc) is 3.02. The van der Waals surface area contributed by atoms with E-state index in [0.29, 0.717) is 6.54 Å². The van der Waals surface area contributed by atoms with Crippen LogP contribution in [0.15, 0.2) is 43.0 Å². The number of hydrogen-bond acceptors (Lipinski definition) is 4. The van der Waals surface area contributed by atoms with Crippen LogP contribution in [0.3, 0.4) is 0 Å². The van der Waals surface area contributed by atoms with Gasteiger partial charge in [0.25, 0.3) is 0 Å². The fraction of sp³-hybridized carbons (Fsp3) is 0.400. The first kappa shape index (κ1) is 14.7. The monoisotopic (exact) mass is 275 g/mol. The lowest BCUT2D eigenvalue weighted by Crippen LogP contribution is -2.31. The molecule has 1 N–H and O–H groups in total. The van der Waals surface area contributed by atoms with E-state index < -0.39 is 0 Å². The molecule has 1 heterocycles. The molecule has 0 aliphatic carbocycles. The molecule has 20 heavy (non-hydrogen) atoms. The van der Waals surface area contributed by atoms with Gasteiger partial charge < -0.3 is 19.4 Å². The molecule has 2 aromatic rings. The minimum absolute atomic E-state index is 0.220. The average molecular weight is 275 g/mol. The number of imidazole rings is 1. The Balaban J connectivity index is 1.95. The van der Waals surface area contributed by atoms with Gasteiger partial charge in [0.15, 0.2) is 6.29 Å². The number of benzene rings is 1. The van der Waals surface area contributed by atoms with E-state index in [1.165, 1.54) is 5.56 Å². The van der Waals surface area contributed by atoms with Crippen LogP contribution in [0.4, 0.5) is 0 Å². The van der Waals surface area contributed by atoms with Crippen molar-refractivity contribution in [2.24, 2.45) is 0 Å². The van der Waals surface area contributed by atoms with Crippen molar-refractivity contribution >= 4 is 0 Å². The Morgan fingerprint density at radius 1 is 1.20 bits per heavy atom. The summed E-state index contributed by atoms with van der Waals surface area (Å²) < 4.78 is 12.3. The highest BCUT2D eigenvalue weighted by Gasteiger charge is 2.09. The highest BCUT2D eigenvalue weighted by molar-refractivity contribution is 5.35. The normalized spacial score (nSPS) is 12.8. The molecule has 0 bridgehead atoms. The molecule has 108 valence electrons. The zero-order chi connectivity index (χ0) is 14.4. The van der Waals surface area contributed by atoms with Crippen molar-refractivity contribution in [3.8, 4) is 5.69 Å². The van der Waals surface area contributed by atoms with E-state index in [9.17, 15) is 0 Å². The lowest BCUT2D eigenvalue weighted by atomic mass is 10.1. The molecule has 5 heteroatoms. The van der Waals surface area contributed by atoms with Gasteiger partial charge in [-0.1, -0.05) is 12.1 Å². The van der Waals surface area contributed by atoms with E-state index >= 15 is 0 Å². The maximum absolute atomic E-state index is 5.16. The van der Waals surface area contributed by atoms with Crippen molar-refractivity contribution in [1.29, 1.82) is 0 Å². The van der Waals surface area contributed by atoms with E-state index in [0.717, 1.165) is 5.69 Å². The van der Waals surface area contributed by atoms with Crippen LogP contribution in [0.25, 0.3) is 5.69 Å². The summed E-state index contributed by atoms with van der Waals surface area (Å²) in [5.41, 5.74) is 2.32. The van der Waals surface area contributed by atoms with Crippen LogP contribution in [0.5, 0.6) is 0 Å². The van der Waals surface area contributed by atoms with Crippen LogP contribution in [-0.4, -0.2) is 36.6 Å². The molecule has 0 amide bonds. The largest absolute Gasteiger partial charge is 0.355 e. The van der Waals surface area contributed by atoms with Gasteiger partial charge in [-0.05, 0) is 24.6 Å². The predicted octanol–water partition coefficient (Wildman–Crippen LogP) is 2.14. The van der Waals surface area contributed by atoms with E-state index in [1.807, 2.05) is 10.8 Å². The quantitative estimate of drug-likeness (QED) is 0.787. The van der Waals surface area contributed by atoms with Gasteiger partial charge in [-0.3, -0.25) is 0 Å². The summed E-state index contributed by atoms with van der Waals surface area (Å²) in [6.45, 7) is 2.77. The highest BCUT2D eigenvalue weighted by Crippen LogP contribution is 2.15. The minimum atomic E-state index is -0.220. The molecule has 5 nitrogen and oxygen atoms in total. The van der Waals surface area contributed by atoms with Gasteiger partial charge in [-0.25, -0.2) is 4.98 Å². The molecule has 1 aromatic carbocycles. The summed E-state index contributed by atoms with van der Waals surface area (Å²) >= 11 is 0. The van der Waals surface area contributed by atoms with E-state index in [4.69, 9.17) is 9.47 Å². The molecular formula is C15H21N3O2. The summed E-state index contributed by atoms with van der Waals surface area (Å²) in [5, 5.41) is 3.39. The molecule has 0 radical (unpaired) electrons. The van der Waals surface area contributed by atoms with Crippen LogP contribution in [0, 0.1) is 0 Å². The van der Waals surface area contributed by atoms with E-state index in [2.05, 4.69) is 41.5 Å². The fourth-order valence-electron chi connectivity index (χ4n) is 2.00. The first-order valence-electron chi connectivity index (χ1n) is 6.62. The third-order valence-corrected chi connectivity index (χ3v) is 3.31. The first-order valence-corrected chi connectivity index (χ1v) is 6.62. The zero-order valence-corrected chi connectivity index (χ0v) is 12.1. The van der Waals surface area contributed by atoms with E-state index in [1.54, 1.807) is 26.7 Å². The van der Waals surface area contributed by atoms with Gasteiger partial charge in [-0.15, -0.1) is 0 Å². The van der Waals surface area contributed by atoms with Crippen LogP contribution in [0.1, 0.15) is 18.5 Å². The number of ether oxygens (including phenoxy) is 2. The number of rotatable bonds is 7. The third-order valence-electron chi connectivity index (χ3n) is 3.31. The number of methoxy groups -OCH3 is 2. The maximum atomic E-state index is 5.16. The number of nitrogens with one attached hydrogen (secondary N) is 1. The molecule has 1 atom stereocenters. The van der Waals surface area contributed by atoms with Crippen LogP contribution in [-0.2, 0) is 9.47 Å². The smallest absolute Gasteiger partial charge is 0.169 e. The Hall–Kier alpha value is -1.69. The molecular weight excluding hydrogens is 254 g/mol. The van der Waals surface area contributed by atoms with Crippen molar-refractivity contribution in [3.63, 3.8) is 0 Å². The van der Waals surface area contributed by atoms with Crippen LogP contribution < -0.4 is 5.32 Å².